The van der Waals surface area contributed by atoms with Crippen LogP contribution in [-0.4, -0.2) is 125 Å². The van der Waals surface area contributed by atoms with Gasteiger partial charge in [-0.1, -0.05) is 60.7 Å². The van der Waals surface area contributed by atoms with Gasteiger partial charge < -0.3 is 19.6 Å². The van der Waals surface area contributed by atoms with Crippen molar-refractivity contribution in [3.8, 4) is 22.5 Å². The molecule has 0 atom stereocenters. The van der Waals surface area contributed by atoms with Gasteiger partial charge in [0.05, 0.1) is 17.9 Å². The van der Waals surface area contributed by atoms with Crippen molar-refractivity contribution in [2.45, 2.75) is 38.6 Å². The quantitative estimate of drug-likeness (QED) is 0.385. The third kappa shape index (κ3) is 7.76. The fourth-order valence-electron chi connectivity index (χ4n) is 7.14. The lowest BCUT2D eigenvalue weighted by molar-refractivity contribution is -0.143. The number of amides is 4. The van der Waals surface area contributed by atoms with Crippen molar-refractivity contribution < 1.29 is 19.2 Å². The molecule has 4 heterocycles. The number of carbonyl (C=O) groups excluding carboxylic acids is 4. The molecule has 10 nitrogen and oxygen atoms in total. The second-order valence-electron chi connectivity index (χ2n) is 13.3. The van der Waals surface area contributed by atoms with E-state index >= 15 is 0 Å². The highest BCUT2D eigenvalue weighted by Crippen LogP contribution is 2.27. The summed E-state index contributed by atoms with van der Waals surface area (Å²) in [6, 6.07) is 24.2. The van der Waals surface area contributed by atoms with Crippen molar-refractivity contribution in [2.75, 3.05) is 66.0 Å². The fourth-order valence-corrected chi connectivity index (χ4v) is 7.14. The second-order valence-corrected chi connectivity index (χ2v) is 13.3. The molecule has 0 aliphatic carbocycles. The van der Waals surface area contributed by atoms with Crippen molar-refractivity contribution in [2.24, 2.45) is 5.92 Å². The second kappa shape index (κ2) is 15.1. The number of likely N-dealkylation sites (N-methyl/N-ethyl adjacent to an activating group) is 1. The maximum Gasteiger partial charge on any atom is 0.254 e. The van der Waals surface area contributed by atoms with Gasteiger partial charge in [0, 0.05) is 95.0 Å². The minimum Gasteiger partial charge on any atom is -0.342 e. The molecule has 10 heteroatoms. The highest BCUT2D eigenvalue weighted by molar-refractivity contribution is 5.96. The third-order valence-corrected chi connectivity index (χ3v) is 10.2. The minimum absolute atomic E-state index is 0.0328. The Hall–Kier alpha value is -4.57. The van der Waals surface area contributed by atoms with Gasteiger partial charge in [-0.2, -0.15) is 0 Å². The lowest BCUT2D eigenvalue weighted by Crippen LogP contribution is -2.55. The number of aromatic nitrogens is 1. The Kier molecular flexibility index (Phi) is 10.5. The Morgan fingerprint density at radius 1 is 0.688 bits per heavy atom. The van der Waals surface area contributed by atoms with Crippen LogP contribution in [0.25, 0.3) is 22.5 Å². The summed E-state index contributed by atoms with van der Waals surface area (Å²) in [6.07, 6.45) is 3.20. The molecule has 3 saturated heterocycles. The molecule has 3 fully saturated rings. The van der Waals surface area contributed by atoms with Crippen LogP contribution in [0.15, 0.2) is 72.8 Å². The van der Waals surface area contributed by atoms with Crippen molar-refractivity contribution in [3.05, 3.63) is 78.4 Å². The van der Waals surface area contributed by atoms with E-state index in [0.717, 1.165) is 61.5 Å². The van der Waals surface area contributed by atoms with Gasteiger partial charge in [-0.05, 0) is 37.8 Å². The molecule has 2 aromatic carbocycles. The summed E-state index contributed by atoms with van der Waals surface area (Å²) in [5.41, 5.74) is 4.19. The summed E-state index contributed by atoms with van der Waals surface area (Å²) in [4.78, 5) is 65.8. The molecule has 1 aromatic heterocycles. The van der Waals surface area contributed by atoms with Gasteiger partial charge in [0.1, 0.15) is 0 Å². The molecule has 3 aliphatic rings. The number of likely N-dealkylation sites (tertiary alicyclic amines) is 2. The molecular weight excluding hydrogens is 604 g/mol. The molecular formula is C38H46N6O4. The molecule has 252 valence electrons. The van der Waals surface area contributed by atoms with E-state index in [1.807, 2.05) is 82.6 Å². The standard InChI is InChI=1S/C38H46N6O4/c1-28(45)40(2)27-36(46)42-17-13-31(14-18-42)37(47)43-19-15-33(16-20-43)41-21-23-44(24-22-41)38(48)32-25-34(29-9-5-3-6-10-29)39-35(26-32)30-11-7-4-8-12-30/h3-12,25-26,31,33H,13-24,27H2,1-2H3. The lowest BCUT2D eigenvalue weighted by Gasteiger charge is -2.43. The number of hydrogen-bond donors (Lipinski definition) is 0. The lowest BCUT2D eigenvalue weighted by atomic mass is 9.93. The fraction of sp³-hybridized carbons (Fsp3) is 0.447. The van der Waals surface area contributed by atoms with Gasteiger partial charge in [0.2, 0.25) is 17.7 Å². The van der Waals surface area contributed by atoms with Crippen LogP contribution in [-0.2, 0) is 14.4 Å². The number of piperidine rings is 2. The van der Waals surface area contributed by atoms with Gasteiger partial charge in [-0.25, -0.2) is 4.98 Å². The summed E-state index contributed by atoms with van der Waals surface area (Å²) in [7, 11) is 1.63. The van der Waals surface area contributed by atoms with Gasteiger partial charge in [-0.15, -0.1) is 0 Å². The largest absolute Gasteiger partial charge is 0.342 e. The van der Waals surface area contributed by atoms with Crippen LogP contribution in [0.2, 0.25) is 0 Å². The van der Waals surface area contributed by atoms with E-state index < -0.39 is 0 Å². The summed E-state index contributed by atoms with van der Waals surface area (Å²) in [5, 5.41) is 0. The normalized spacial score (nSPS) is 18.1. The first-order valence-electron chi connectivity index (χ1n) is 17.2. The SMILES string of the molecule is CC(=O)N(C)CC(=O)N1CCC(C(=O)N2CCC(N3CCN(C(=O)c4cc(-c5ccccc5)nc(-c5ccccc5)c4)CC3)CC2)CC1. The number of hydrogen-bond acceptors (Lipinski definition) is 6. The minimum atomic E-state index is -0.132. The van der Waals surface area contributed by atoms with Gasteiger partial charge >= 0.3 is 0 Å². The van der Waals surface area contributed by atoms with Crippen LogP contribution in [0.3, 0.4) is 0 Å². The molecule has 0 unspecified atom stereocenters. The Balaban J connectivity index is 0.998. The number of pyridine rings is 1. The number of rotatable bonds is 7. The molecule has 0 spiro atoms. The summed E-state index contributed by atoms with van der Waals surface area (Å²) < 4.78 is 0. The number of piperazine rings is 1. The van der Waals surface area contributed by atoms with E-state index in [0.29, 0.717) is 50.6 Å². The number of nitrogens with zero attached hydrogens (tertiary/aromatic N) is 6. The molecule has 0 N–H and O–H groups in total. The first-order valence-corrected chi connectivity index (χ1v) is 17.2. The van der Waals surface area contributed by atoms with Crippen LogP contribution >= 0.6 is 0 Å². The van der Waals surface area contributed by atoms with Crippen LogP contribution in [0.4, 0.5) is 0 Å². The van der Waals surface area contributed by atoms with E-state index in [4.69, 9.17) is 4.98 Å². The Bertz CT molecular complexity index is 1530. The van der Waals surface area contributed by atoms with E-state index in [1.165, 1.54) is 11.8 Å². The first-order chi connectivity index (χ1) is 23.3. The van der Waals surface area contributed by atoms with Crippen LogP contribution in [0.5, 0.6) is 0 Å². The topological polar surface area (TPSA) is 97.4 Å². The van der Waals surface area contributed by atoms with Crippen LogP contribution < -0.4 is 0 Å². The molecule has 0 bridgehead atoms. The molecule has 3 aliphatic heterocycles. The highest BCUT2D eigenvalue weighted by atomic mass is 16.2. The number of carbonyl (C=O) groups is 4. The van der Waals surface area contributed by atoms with Crippen LogP contribution in [0, 0.1) is 5.92 Å². The Morgan fingerprint density at radius 3 is 1.73 bits per heavy atom. The maximum absolute atomic E-state index is 13.8. The van der Waals surface area contributed by atoms with Gasteiger partial charge in [0.15, 0.2) is 0 Å². The summed E-state index contributed by atoms with van der Waals surface area (Å²) >= 11 is 0. The summed E-state index contributed by atoms with van der Waals surface area (Å²) in [6.45, 7) is 7.10. The monoisotopic (exact) mass is 650 g/mol. The van der Waals surface area contributed by atoms with E-state index in [9.17, 15) is 19.2 Å². The van der Waals surface area contributed by atoms with Crippen molar-refractivity contribution in [3.63, 3.8) is 0 Å². The van der Waals surface area contributed by atoms with Crippen molar-refractivity contribution in [1.82, 2.24) is 29.5 Å². The molecule has 4 amide bonds. The summed E-state index contributed by atoms with van der Waals surface area (Å²) in [5.74, 6) is -0.00342. The third-order valence-electron chi connectivity index (χ3n) is 10.2. The average molecular weight is 651 g/mol. The molecule has 6 rings (SSSR count). The van der Waals surface area contributed by atoms with E-state index in [-0.39, 0.29) is 36.1 Å². The van der Waals surface area contributed by atoms with Crippen molar-refractivity contribution in [1.29, 1.82) is 0 Å². The molecule has 0 radical (unpaired) electrons. The highest BCUT2D eigenvalue weighted by Gasteiger charge is 2.34. The first kappa shape index (κ1) is 33.3. The van der Waals surface area contributed by atoms with E-state index in [1.54, 1.807) is 11.9 Å². The molecule has 0 saturated carbocycles. The molecule has 48 heavy (non-hydrogen) atoms. The van der Waals surface area contributed by atoms with Gasteiger partial charge in [-0.3, -0.25) is 24.1 Å². The zero-order valence-electron chi connectivity index (χ0n) is 28.1. The smallest absolute Gasteiger partial charge is 0.254 e. The molecule has 3 aromatic rings. The average Bonchev–Trinajstić information content (AvgIpc) is 3.15. The predicted octanol–water partition coefficient (Wildman–Crippen LogP) is 3.88. The predicted molar refractivity (Wildman–Crippen MR) is 185 cm³/mol. The maximum atomic E-state index is 13.8. The van der Waals surface area contributed by atoms with E-state index in [2.05, 4.69) is 4.90 Å². The Labute approximate surface area is 283 Å². The Morgan fingerprint density at radius 2 is 1.21 bits per heavy atom. The van der Waals surface area contributed by atoms with Crippen LogP contribution in [0.1, 0.15) is 43.0 Å². The van der Waals surface area contributed by atoms with Gasteiger partial charge in [0.25, 0.3) is 5.91 Å². The van der Waals surface area contributed by atoms with Crippen molar-refractivity contribution >= 4 is 23.6 Å². The zero-order valence-corrected chi connectivity index (χ0v) is 28.1. The number of benzene rings is 2. The zero-order chi connectivity index (χ0) is 33.6.